The zero-order valence-corrected chi connectivity index (χ0v) is 16.3. The van der Waals surface area contributed by atoms with Crippen LogP contribution in [0.2, 0.25) is 0 Å². The Morgan fingerprint density at radius 2 is 2.09 bits per heavy atom. The highest BCUT2D eigenvalue weighted by atomic mass is 127. The first kappa shape index (κ1) is 18.3. The first-order chi connectivity index (χ1) is 10.7. The van der Waals surface area contributed by atoms with Crippen LogP contribution in [0.4, 0.5) is 4.39 Å². The Balaban J connectivity index is 2.28. The van der Waals surface area contributed by atoms with E-state index >= 15 is 0 Å². The Kier molecular flexibility index (Phi) is 5.72. The molecule has 1 aromatic heterocycles. The molecule has 2 aromatic rings. The van der Waals surface area contributed by atoms with Crippen molar-refractivity contribution in [2.75, 3.05) is 6.26 Å². The molecule has 124 valence electrons. The Hall–Kier alpha value is -1.09. The van der Waals surface area contributed by atoms with Crippen LogP contribution in [0.3, 0.4) is 0 Å². The van der Waals surface area contributed by atoms with Crippen LogP contribution in [0, 0.1) is 9.39 Å². The quantitative estimate of drug-likeness (QED) is 0.569. The minimum atomic E-state index is -0.822. The van der Waals surface area contributed by atoms with E-state index in [-0.39, 0.29) is 17.2 Å². The van der Waals surface area contributed by atoms with Gasteiger partial charge in [-0.2, -0.15) is 0 Å². The van der Waals surface area contributed by atoms with Gasteiger partial charge in [-0.3, -0.25) is 9.78 Å². The largest absolute Gasteiger partial charge is 0.467 e. The molecule has 7 heteroatoms. The number of nitrogens with one attached hydrogen (secondary N) is 1. The Bertz CT molecular complexity index is 734. The third-order valence-electron chi connectivity index (χ3n) is 2.86. The second-order valence-corrected chi connectivity index (χ2v) is 8.20. The molecular formula is C16H18FIN2O2S. The van der Waals surface area contributed by atoms with Crippen LogP contribution in [0.1, 0.15) is 20.8 Å². The van der Waals surface area contributed by atoms with E-state index in [1.165, 1.54) is 17.8 Å². The van der Waals surface area contributed by atoms with Crippen LogP contribution in [0.25, 0.3) is 10.9 Å². The van der Waals surface area contributed by atoms with Gasteiger partial charge < -0.3 is 10.1 Å². The van der Waals surface area contributed by atoms with Gasteiger partial charge in [-0.05, 0) is 61.8 Å². The molecule has 1 unspecified atom stereocenters. The minimum absolute atomic E-state index is 0.0460. The van der Waals surface area contributed by atoms with E-state index in [0.717, 1.165) is 8.96 Å². The highest BCUT2D eigenvalue weighted by Crippen LogP contribution is 2.27. The van der Waals surface area contributed by atoms with Crippen molar-refractivity contribution in [2.45, 2.75) is 31.7 Å². The van der Waals surface area contributed by atoms with Gasteiger partial charge in [0.25, 0.3) is 5.91 Å². The average molecular weight is 448 g/mol. The van der Waals surface area contributed by atoms with Crippen LogP contribution in [0.15, 0.2) is 24.4 Å². The summed E-state index contributed by atoms with van der Waals surface area (Å²) in [4.78, 5) is 16.4. The lowest BCUT2D eigenvalue weighted by Crippen LogP contribution is -2.46. The van der Waals surface area contributed by atoms with Crippen LogP contribution in [-0.4, -0.2) is 28.1 Å². The number of carbonyl (C=O) groups is 1. The maximum Gasteiger partial charge on any atom is 0.272 e. The molecule has 0 aliphatic heterocycles. The number of thioether (sulfide) groups is 1. The van der Waals surface area contributed by atoms with Gasteiger partial charge in [0.15, 0.2) is 11.6 Å². The molecule has 1 N–H and O–H groups in total. The number of fused-ring (bicyclic) bond motifs is 1. The van der Waals surface area contributed by atoms with Crippen LogP contribution in [-0.2, 0) is 4.79 Å². The van der Waals surface area contributed by atoms with Crippen LogP contribution < -0.4 is 10.1 Å². The minimum Gasteiger partial charge on any atom is -0.467 e. The van der Waals surface area contributed by atoms with Crippen molar-refractivity contribution in [3.63, 3.8) is 0 Å². The fraction of sp³-hybridized carbons (Fsp3) is 0.375. The van der Waals surface area contributed by atoms with Gasteiger partial charge in [0.05, 0.1) is 5.52 Å². The lowest BCUT2D eigenvalue weighted by molar-refractivity contribution is -0.125. The molecule has 0 bridgehead atoms. The average Bonchev–Trinajstić information content (AvgIpc) is 2.43. The SMILES string of the molecule is CSC(Oc1cc2cc(I)cnc2cc1F)C(=O)NC(C)(C)C. The molecule has 0 fully saturated rings. The van der Waals surface area contributed by atoms with E-state index in [0.29, 0.717) is 5.52 Å². The number of amides is 1. The fourth-order valence-corrected chi connectivity index (χ4v) is 2.89. The van der Waals surface area contributed by atoms with E-state index in [9.17, 15) is 9.18 Å². The number of nitrogens with zero attached hydrogens (tertiary/aromatic N) is 1. The molecule has 2 rings (SSSR count). The first-order valence-electron chi connectivity index (χ1n) is 6.96. The number of ether oxygens (including phenoxy) is 1. The number of pyridine rings is 1. The summed E-state index contributed by atoms with van der Waals surface area (Å²) in [5, 5.41) is 3.60. The summed E-state index contributed by atoms with van der Waals surface area (Å²) in [5.74, 6) is -0.774. The lowest BCUT2D eigenvalue weighted by Gasteiger charge is -2.24. The smallest absolute Gasteiger partial charge is 0.272 e. The van der Waals surface area contributed by atoms with Crippen molar-refractivity contribution in [1.29, 1.82) is 0 Å². The van der Waals surface area contributed by atoms with E-state index in [1.54, 1.807) is 18.5 Å². The van der Waals surface area contributed by atoms with E-state index in [1.807, 2.05) is 26.8 Å². The van der Waals surface area contributed by atoms with E-state index in [2.05, 4.69) is 32.9 Å². The summed E-state index contributed by atoms with van der Waals surface area (Å²) in [6.07, 6.45) is 3.42. The van der Waals surface area contributed by atoms with E-state index < -0.39 is 11.3 Å². The van der Waals surface area contributed by atoms with Crippen molar-refractivity contribution in [2.24, 2.45) is 0 Å². The predicted octanol–water partition coefficient (Wildman–Crippen LogP) is 3.96. The third kappa shape index (κ3) is 4.94. The van der Waals surface area contributed by atoms with Gasteiger partial charge in [0.1, 0.15) is 0 Å². The lowest BCUT2D eigenvalue weighted by atomic mass is 10.1. The van der Waals surface area contributed by atoms with Gasteiger partial charge in [0.2, 0.25) is 5.44 Å². The Morgan fingerprint density at radius 1 is 1.39 bits per heavy atom. The van der Waals surface area contributed by atoms with Crippen molar-refractivity contribution in [3.05, 3.63) is 33.8 Å². The summed E-state index contributed by atoms with van der Waals surface area (Å²) < 4.78 is 20.8. The zero-order chi connectivity index (χ0) is 17.2. The van der Waals surface area contributed by atoms with Gasteiger partial charge in [-0.1, -0.05) is 0 Å². The van der Waals surface area contributed by atoms with Gasteiger partial charge in [-0.25, -0.2) is 4.39 Å². The molecule has 1 heterocycles. The molecule has 4 nitrogen and oxygen atoms in total. The summed E-state index contributed by atoms with van der Waals surface area (Å²) in [6.45, 7) is 5.64. The van der Waals surface area contributed by atoms with Crippen LogP contribution in [0.5, 0.6) is 5.75 Å². The monoisotopic (exact) mass is 448 g/mol. The Morgan fingerprint density at radius 3 is 2.70 bits per heavy atom. The highest BCUT2D eigenvalue weighted by molar-refractivity contribution is 14.1. The Labute approximate surface area is 152 Å². The van der Waals surface area contributed by atoms with Crippen molar-refractivity contribution in [1.82, 2.24) is 10.3 Å². The number of rotatable bonds is 4. The van der Waals surface area contributed by atoms with Crippen LogP contribution >= 0.6 is 34.4 Å². The summed E-state index contributed by atoms with van der Waals surface area (Å²) >= 11 is 3.35. The second-order valence-electron chi connectivity index (χ2n) is 6.05. The number of hydrogen-bond acceptors (Lipinski definition) is 4. The summed E-state index contributed by atoms with van der Waals surface area (Å²) in [7, 11) is 0. The molecule has 0 saturated carbocycles. The number of carbonyl (C=O) groups excluding carboxylic acids is 1. The topological polar surface area (TPSA) is 51.2 Å². The molecule has 1 atom stereocenters. The molecule has 0 radical (unpaired) electrons. The molecule has 0 saturated heterocycles. The molecule has 0 spiro atoms. The van der Waals surface area contributed by atoms with Crippen molar-refractivity contribution < 1.29 is 13.9 Å². The molecule has 1 amide bonds. The summed E-state index contributed by atoms with van der Waals surface area (Å²) in [6, 6.07) is 4.78. The molecule has 0 aliphatic carbocycles. The zero-order valence-electron chi connectivity index (χ0n) is 13.3. The third-order valence-corrected chi connectivity index (χ3v) is 4.19. The first-order valence-corrected chi connectivity index (χ1v) is 9.32. The van der Waals surface area contributed by atoms with Gasteiger partial charge in [-0.15, -0.1) is 11.8 Å². The fourth-order valence-electron chi connectivity index (χ4n) is 1.95. The maximum absolute atomic E-state index is 14.2. The van der Waals surface area contributed by atoms with Gasteiger partial charge >= 0.3 is 0 Å². The molecular weight excluding hydrogens is 430 g/mol. The maximum atomic E-state index is 14.2. The van der Waals surface area contributed by atoms with Crippen molar-refractivity contribution >= 4 is 51.2 Å². The highest BCUT2D eigenvalue weighted by Gasteiger charge is 2.25. The van der Waals surface area contributed by atoms with E-state index in [4.69, 9.17) is 4.74 Å². The normalized spacial score (nSPS) is 13.0. The summed E-state index contributed by atoms with van der Waals surface area (Å²) in [5.41, 5.74) is -0.650. The number of aromatic nitrogens is 1. The molecule has 23 heavy (non-hydrogen) atoms. The number of benzene rings is 1. The number of hydrogen-bond donors (Lipinski definition) is 1. The number of halogens is 2. The van der Waals surface area contributed by atoms with Gasteiger partial charge in [0, 0.05) is 26.8 Å². The molecule has 0 aliphatic rings. The molecule has 1 aromatic carbocycles. The standard InChI is InChI=1S/C16H18FIN2O2S/c1-16(2,3)20-14(21)15(23-4)22-13-6-9-5-10(18)8-19-12(9)7-11(13)17/h5-8,15H,1-4H3,(H,20,21). The van der Waals surface area contributed by atoms with Crippen molar-refractivity contribution in [3.8, 4) is 5.75 Å². The predicted molar refractivity (Wildman–Crippen MR) is 100 cm³/mol. The second kappa shape index (κ2) is 7.21.